The molecule has 1 aliphatic rings. The highest BCUT2D eigenvalue weighted by atomic mass is 19.1. The summed E-state index contributed by atoms with van der Waals surface area (Å²) in [5.74, 6) is -3.37. The standard InChI is InChI=1S/C14H16F2N2O3/c15-9-3-4-12(10(16)7-9)18-14(21)13(20)17-11(5-6-19)8-1-2-8/h3-4,7-8,11,19H,1-2,5-6H2,(H,17,20)(H,18,21). The third-order valence-electron chi connectivity index (χ3n) is 3.33. The lowest BCUT2D eigenvalue weighted by atomic mass is 10.1. The molecule has 0 aliphatic heterocycles. The summed E-state index contributed by atoms with van der Waals surface area (Å²) in [4.78, 5) is 23.4. The van der Waals surface area contributed by atoms with Crippen LogP contribution in [-0.2, 0) is 9.59 Å². The molecule has 1 unspecified atom stereocenters. The smallest absolute Gasteiger partial charge is 0.313 e. The number of halogens is 2. The van der Waals surface area contributed by atoms with Crippen LogP contribution in [-0.4, -0.2) is 29.6 Å². The van der Waals surface area contributed by atoms with Gasteiger partial charge in [0.15, 0.2) is 0 Å². The van der Waals surface area contributed by atoms with Crippen LogP contribution in [0.1, 0.15) is 19.3 Å². The average molecular weight is 298 g/mol. The molecule has 0 radical (unpaired) electrons. The Hall–Kier alpha value is -2.02. The van der Waals surface area contributed by atoms with E-state index >= 15 is 0 Å². The second kappa shape index (κ2) is 6.62. The van der Waals surface area contributed by atoms with Crippen molar-refractivity contribution in [2.75, 3.05) is 11.9 Å². The van der Waals surface area contributed by atoms with Crippen LogP contribution >= 0.6 is 0 Å². The zero-order valence-electron chi connectivity index (χ0n) is 11.2. The Balaban J connectivity index is 1.94. The Morgan fingerprint density at radius 3 is 2.57 bits per heavy atom. The number of hydrogen-bond donors (Lipinski definition) is 3. The highest BCUT2D eigenvalue weighted by molar-refractivity contribution is 6.39. The maximum absolute atomic E-state index is 13.4. The van der Waals surface area contributed by atoms with Crippen molar-refractivity contribution in [2.45, 2.75) is 25.3 Å². The minimum atomic E-state index is -1.02. The van der Waals surface area contributed by atoms with Crippen LogP contribution in [0, 0.1) is 17.6 Å². The first-order valence-corrected chi connectivity index (χ1v) is 6.69. The van der Waals surface area contributed by atoms with Gasteiger partial charge in [0.2, 0.25) is 0 Å². The summed E-state index contributed by atoms with van der Waals surface area (Å²) in [6.45, 7) is -0.0876. The van der Waals surface area contributed by atoms with Gasteiger partial charge in [0.05, 0.1) is 5.69 Å². The third-order valence-corrected chi connectivity index (χ3v) is 3.33. The van der Waals surface area contributed by atoms with Gasteiger partial charge in [0.1, 0.15) is 11.6 Å². The monoisotopic (exact) mass is 298 g/mol. The van der Waals surface area contributed by atoms with Crippen LogP contribution < -0.4 is 10.6 Å². The lowest BCUT2D eigenvalue weighted by Gasteiger charge is -2.16. The van der Waals surface area contributed by atoms with Gasteiger partial charge in [-0.2, -0.15) is 0 Å². The molecule has 0 spiro atoms. The van der Waals surface area contributed by atoms with E-state index in [1.807, 2.05) is 0 Å². The van der Waals surface area contributed by atoms with E-state index in [2.05, 4.69) is 10.6 Å². The summed E-state index contributed by atoms with van der Waals surface area (Å²) in [7, 11) is 0. The van der Waals surface area contributed by atoms with E-state index in [0.717, 1.165) is 25.0 Å². The van der Waals surface area contributed by atoms with E-state index in [1.165, 1.54) is 0 Å². The summed E-state index contributed by atoms with van der Waals surface area (Å²) in [5.41, 5.74) is -0.262. The number of aliphatic hydroxyl groups excluding tert-OH is 1. The van der Waals surface area contributed by atoms with Crippen LogP contribution in [0.3, 0.4) is 0 Å². The molecule has 0 bridgehead atoms. The largest absolute Gasteiger partial charge is 0.396 e. The van der Waals surface area contributed by atoms with Gasteiger partial charge >= 0.3 is 11.8 Å². The van der Waals surface area contributed by atoms with Gasteiger partial charge in [0.25, 0.3) is 0 Å². The Morgan fingerprint density at radius 2 is 2.00 bits per heavy atom. The number of hydrogen-bond acceptors (Lipinski definition) is 3. The molecule has 0 heterocycles. The topological polar surface area (TPSA) is 78.4 Å². The predicted octanol–water partition coefficient (Wildman–Crippen LogP) is 1.18. The Bertz CT molecular complexity index is 547. The van der Waals surface area contributed by atoms with Gasteiger partial charge in [0, 0.05) is 18.7 Å². The molecule has 114 valence electrons. The van der Waals surface area contributed by atoms with Gasteiger partial charge in [-0.15, -0.1) is 0 Å². The highest BCUT2D eigenvalue weighted by Crippen LogP contribution is 2.33. The molecule has 2 rings (SSSR count). The number of carbonyl (C=O) groups is 2. The Labute approximate surface area is 120 Å². The fourth-order valence-corrected chi connectivity index (χ4v) is 2.07. The van der Waals surface area contributed by atoms with Crippen molar-refractivity contribution in [3.8, 4) is 0 Å². The molecule has 1 fully saturated rings. The molecule has 7 heteroatoms. The summed E-state index contributed by atoms with van der Waals surface area (Å²) in [5, 5.41) is 13.5. The van der Waals surface area contributed by atoms with Crippen LogP contribution in [0.25, 0.3) is 0 Å². The Morgan fingerprint density at radius 1 is 1.29 bits per heavy atom. The number of carbonyl (C=O) groups excluding carboxylic acids is 2. The first-order chi connectivity index (χ1) is 10.0. The summed E-state index contributed by atoms with van der Waals surface area (Å²) >= 11 is 0. The summed E-state index contributed by atoms with van der Waals surface area (Å²) in [6.07, 6.45) is 2.26. The Kier molecular flexibility index (Phi) is 4.85. The second-order valence-electron chi connectivity index (χ2n) is 5.01. The fourth-order valence-electron chi connectivity index (χ4n) is 2.07. The van der Waals surface area contributed by atoms with E-state index in [4.69, 9.17) is 5.11 Å². The molecule has 1 saturated carbocycles. The number of anilines is 1. The summed E-state index contributed by atoms with van der Waals surface area (Å²) < 4.78 is 26.1. The molecule has 0 saturated heterocycles. The van der Waals surface area contributed by atoms with Crippen molar-refractivity contribution in [3.63, 3.8) is 0 Å². The number of rotatable bonds is 5. The van der Waals surface area contributed by atoms with Gasteiger partial charge in [-0.1, -0.05) is 0 Å². The number of nitrogens with one attached hydrogen (secondary N) is 2. The summed E-state index contributed by atoms with van der Waals surface area (Å²) in [6, 6.07) is 2.38. The van der Waals surface area contributed by atoms with Crippen molar-refractivity contribution >= 4 is 17.5 Å². The first-order valence-electron chi connectivity index (χ1n) is 6.69. The molecule has 1 atom stereocenters. The molecule has 0 aromatic heterocycles. The average Bonchev–Trinajstić information content (AvgIpc) is 3.25. The highest BCUT2D eigenvalue weighted by Gasteiger charge is 2.33. The first kappa shape index (κ1) is 15.4. The van der Waals surface area contributed by atoms with Crippen LogP contribution in [0.2, 0.25) is 0 Å². The molecule has 5 nitrogen and oxygen atoms in total. The molecular weight excluding hydrogens is 282 g/mol. The maximum Gasteiger partial charge on any atom is 0.313 e. The van der Waals surface area contributed by atoms with Crippen molar-refractivity contribution in [3.05, 3.63) is 29.8 Å². The molecule has 1 aliphatic carbocycles. The minimum Gasteiger partial charge on any atom is -0.396 e. The number of amides is 2. The molecular formula is C14H16F2N2O3. The van der Waals surface area contributed by atoms with Crippen molar-refractivity contribution < 1.29 is 23.5 Å². The zero-order valence-corrected chi connectivity index (χ0v) is 11.2. The zero-order chi connectivity index (χ0) is 15.4. The van der Waals surface area contributed by atoms with Crippen LogP contribution in [0.4, 0.5) is 14.5 Å². The van der Waals surface area contributed by atoms with Gasteiger partial charge in [-0.3, -0.25) is 9.59 Å². The van der Waals surface area contributed by atoms with Crippen LogP contribution in [0.5, 0.6) is 0 Å². The lowest BCUT2D eigenvalue weighted by Crippen LogP contribution is -2.43. The van der Waals surface area contributed by atoms with Crippen molar-refractivity contribution in [1.29, 1.82) is 0 Å². The second-order valence-corrected chi connectivity index (χ2v) is 5.01. The van der Waals surface area contributed by atoms with Crippen LogP contribution in [0.15, 0.2) is 18.2 Å². The van der Waals surface area contributed by atoms with E-state index in [0.29, 0.717) is 12.5 Å². The quantitative estimate of drug-likeness (QED) is 0.714. The lowest BCUT2D eigenvalue weighted by molar-refractivity contribution is -0.136. The number of benzene rings is 1. The normalized spacial score (nSPS) is 15.4. The van der Waals surface area contributed by atoms with E-state index in [-0.39, 0.29) is 24.3 Å². The molecule has 2 amide bonds. The molecule has 21 heavy (non-hydrogen) atoms. The molecule has 1 aromatic rings. The SMILES string of the molecule is O=C(Nc1ccc(F)cc1F)C(=O)NC(CCO)C1CC1. The van der Waals surface area contributed by atoms with Gasteiger partial charge in [-0.05, 0) is 37.3 Å². The molecule has 3 N–H and O–H groups in total. The van der Waals surface area contributed by atoms with E-state index in [1.54, 1.807) is 0 Å². The predicted molar refractivity (Wildman–Crippen MR) is 71.3 cm³/mol. The van der Waals surface area contributed by atoms with E-state index in [9.17, 15) is 18.4 Å². The van der Waals surface area contributed by atoms with Crippen molar-refractivity contribution in [2.24, 2.45) is 5.92 Å². The van der Waals surface area contributed by atoms with Crippen molar-refractivity contribution in [1.82, 2.24) is 5.32 Å². The molecule has 1 aromatic carbocycles. The van der Waals surface area contributed by atoms with E-state index < -0.39 is 23.4 Å². The maximum atomic E-state index is 13.4. The third kappa shape index (κ3) is 4.22. The van der Waals surface area contributed by atoms with Gasteiger partial charge < -0.3 is 15.7 Å². The number of aliphatic hydroxyl groups is 1. The minimum absolute atomic E-state index is 0.0876. The van der Waals surface area contributed by atoms with Gasteiger partial charge in [-0.25, -0.2) is 8.78 Å². The fraction of sp³-hybridized carbons (Fsp3) is 0.429.